The minimum atomic E-state index is -1.51. The lowest BCUT2D eigenvalue weighted by atomic mass is 10.9. The number of ether oxygens (including phenoxy) is 1. The molecule has 0 amide bonds. The van der Waals surface area contributed by atoms with Gasteiger partial charge in [-0.3, -0.25) is 0 Å². The van der Waals surface area contributed by atoms with E-state index in [2.05, 4.69) is 40.3 Å². The van der Waals surface area contributed by atoms with E-state index in [1.54, 1.807) is 0 Å². The second-order valence-electron chi connectivity index (χ2n) is 3.66. The van der Waals surface area contributed by atoms with Crippen molar-refractivity contribution in [3.8, 4) is 0 Å². The van der Waals surface area contributed by atoms with E-state index in [0.717, 1.165) is 11.0 Å². The van der Waals surface area contributed by atoms with Crippen LogP contribution in [0, 0.1) is 0 Å². The molecular weight excluding hydrogens is 212 g/mol. The highest BCUT2D eigenvalue weighted by atomic mass is 32.3. The van der Waals surface area contributed by atoms with Gasteiger partial charge in [0.15, 0.2) is 0 Å². The quantitative estimate of drug-likeness (QED) is 0.570. The molecule has 0 radical (unpaired) electrons. The van der Waals surface area contributed by atoms with E-state index in [1.165, 1.54) is 23.0 Å². The van der Waals surface area contributed by atoms with Crippen LogP contribution in [0.1, 0.15) is 34.6 Å². The highest BCUT2D eigenvalue weighted by Gasteiger charge is 2.30. The average molecular weight is 238 g/mol. The van der Waals surface area contributed by atoms with Crippen LogP contribution >= 0.6 is 21.4 Å². The fraction of sp³-hybridized carbons (Fsp3) is 0.909. The third-order valence-corrected chi connectivity index (χ3v) is 12.6. The zero-order valence-electron chi connectivity index (χ0n) is 10.3. The zero-order valence-corrected chi connectivity index (χ0v) is 12.0. The number of hydrogen-bond donors (Lipinski definition) is 1. The second-order valence-corrected chi connectivity index (χ2v) is 10.6. The maximum absolute atomic E-state index is 5.70. The zero-order chi connectivity index (χ0) is 11.3. The molecule has 0 unspecified atom stereocenters. The van der Waals surface area contributed by atoms with Gasteiger partial charge >= 0.3 is 0 Å². The summed E-state index contributed by atoms with van der Waals surface area (Å²) in [5.74, 6) is 4.83. The molecule has 0 saturated heterocycles. The first-order valence-corrected chi connectivity index (χ1v) is 8.78. The molecular formula is C11H26OS2. The van der Waals surface area contributed by atoms with Crippen molar-refractivity contribution < 1.29 is 4.74 Å². The molecule has 14 heavy (non-hydrogen) atoms. The Morgan fingerprint density at radius 2 is 1.29 bits per heavy atom. The lowest BCUT2D eigenvalue weighted by Gasteiger charge is -2.48. The summed E-state index contributed by atoms with van der Waals surface area (Å²) in [4.78, 5) is 0. The van der Waals surface area contributed by atoms with Crippen LogP contribution in [0.5, 0.6) is 0 Å². The van der Waals surface area contributed by atoms with Crippen molar-refractivity contribution in [2.24, 2.45) is 0 Å². The van der Waals surface area contributed by atoms with E-state index in [1.807, 2.05) is 6.92 Å². The number of rotatable bonds is 5. The Hall–Kier alpha value is 0.530. The first-order valence-electron chi connectivity index (χ1n) is 5.61. The molecule has 0 aromatic rings. The number of thiol groups is 1. The van der Waals surface area contributed by atoms with Gasteiger partial charge in [-0.2, -0.15) is 0 Å². The van der Waals surface area contributed by atoms with Crippen molar-refractivity contribution in [1.82, 2.24) is 0 Å². The molecule has 0 aliphatic carbocycles. The van der Waals surface area contributed by atoms with Gasteiger partial charge in [0.1, 0.15) is 4.38 Å². The third-order valence-electron chi connectivity index (χ3n) is 3.79. The average Bonchev–Trinajstić information content (AvgIpc) is 2.24. The van der Waals surface area contributed by atoms with E-state index >= 15 is 0 Å². The Kier molecular flexibility index (Phi) is 5.78. The Morgan fingerprint density at radius 3 is 1.50 bits per heavy atom. The predicted molar refractivity (Wildman–Crippen MR) is 75.4 cm³/mol. The van der Waals surface area contributed by atoms with Crippen molar-refractivity contribution in [2.45, 2.75) is 34.6 Å². The summed E-state index contributed by atoms with van der Waals surface area (Å²) < 4.78 is 6.74. The van der Waals surface area contributed by atoms with Gasteiger partial charge in [0.2, 0.25) is 0 Å². The maximum atomic E-state index is 5.70. The van der Waals surface area contributed by atoms with Crippen LogP contribution < -0.4 is 0 Å². The summed E-state index contributed by atoms with van der Waals surface area (Å²) >= 11 is 4.64. The largest absolute Gasteiger partial charge is 0.336 e. The van der Waals surface area contributed by atoms with E-state index in [4.69, 9.17) is 4.74 Å². The molecule has 1 nitrogen and oxygen atoms in total. The molecule has 0 bridgehead atoms. The van der Waals surface area contributed by atoms with Crippen LogP contribution in [0.25, 0.3) is 0 Å². The van der Waals surface area contributed by atoms with Gasteiger partial charge in [-0.25, -0.2) is 8.75 Å². The van der Waals surface area contributed by atoms with Crippen molar-refractivity contribution in [3.63, 3.8) is 0 Å². The van der Waals surface area contributed by atoms with Gasteiger partial charge in [-0.15, -0.1) is 12.6 Å². The summed E-state index contributed by atoms with van der Waals surface area (Å²) in [5.41, 5.74) is 0. The second kappa shape index (κ2) is 5.57. The standard InChI is InChI=1S/C11H26OS2/c1-6-12-11(13)14(7-2,8-3,9-4)10-5/h13H,6-10H2,1-5H3. The normalized spacial score (nSPS) is 14.9. The molecule has 0 aliphatic heterocycles. The Balaban J connectivity index is 5.54. The van der Waals surface area contributed by atoms with E-state index in [9.17, 15) is 0 Å². The Morgan fingerprint density at radius 1 is 0.929 bits per heavy atom. The summed E-state index contributed by atoms with van der Waals surface area (Å²) in [6, 6.07) is 0. The summed E-state index contributed by atoms with van der Waals surface area (Å²) in [7, 11) is -1.51. The molecule has 0 saturated carbocycles. The molecule has 0 aliphatic rings. The van der Waals surface area contributed by atoms with Gasteiger partial charge in [0.05, 0.1) is 6.61 Å². The fourth-order valence-corrected chi connectivity index (χ4v) is 7.58. The topological polar surface area (TPSA) is 9.23 Å². The molecule has 0 spiro atoms. The molecule has 0 atom stereocenters. The highest BCUT2D eigenvalue weighted by molar-refractivity contribution is 8.52. The molecule has 0 fully saturated rings. The Labute approximate surface area is 94.9 Å². The first kappa shape index (κ1) is 14.5. The highest BCUT2D eigenvalue weighted by Crippen LogP contribution is 2.59. The predicted octanol–water partition coefficient (Wildman–Crippen LogP) is 3.46. The molecule has 3 heteroatoms. The fourth-order valence-electron chi connectivity index (χ4n) is 2.01. The summed E-state index contributed by atoms with van der Waals surface area (Å²) in [6.07, 6.45) is 0. The molecule has 0 rings (SSSR count). The molecule has 0 aromatic heterocycles. The minimum absolute atomic E-state index is 0.741. The van der Waals surface area contributed by atoms with Crippen molar-refractivity contribution >= 4 is 25.8 Å². The maximum Gasteiger partial charge on any atom is 0.116 e. The van der Waals surface area contributed by atoms with E-state index < -0.39 is 8.75 Å². The summed E-state index contributed by atoms with van der Waals surface area (Å²) in [6.45, 7) is 11.9. The SMILES string of the molecule is CCOC(S)=S(CC)(CC)(CC)CC. The number of hydrogen-bond acceptors (Lipinski definition) is 1. The lowest BCUT2D eigenvalue weighted by molar-refractivity contribution is 0.345. The smallest absolute Gasteiger partial charge is 0.116 e. The van der Waals surface area contributed by atoms with Gasteiger partial charge in [-0.1, -0.05) is 27.7 Å². The first-order chi connectivity index (χ1) is 6.54. The van der Waals surface area contributed by atoms with Crippen molar-refractivity contribution in [1.29, 1.82) is 0 Å². The van der Waals surface area contributed by atoms with E-state index in [-0.39, 0.29) is 0 Å². The summed E-state index contributed by atoms with van der Waals surface area (Å²) in [5, 5.41) is 0. The molecule has 0 N–H and O–H groups in total. The van der Waals surface area contributed by atoms with Gasteiger partial charge in [0, 0.05) is 0 Å². The van der Waals surface area contributed by atoms with Gasteiger partial charge in [-0.05, 0) is 29.9 Å². The van der Waals surface area contributed by atoms with Crippen LogP contribution in [0.3, 0.4) is 0 Å². The lowest BCUT2D eigenvalue weighted by Crippen LogP contribution is -2.27. The minimum Gasteiger partial charge on any atom is -0.336 e. The molecule has 88 valence electrons. The van der Waals surface area contributed by atoms with E-state index in [0.29, 0.717) is 0 Å². The third kappa shape index (κ3) is 2.20. The molecule has 0 aromatic carbocycles. The van der Waals surface area contributed by atoms with Gasteiger partial charge < -0.3 is 4.74 Å². The molecule has 0 heterocycles. The van der Waals surface area contributed by atoms with Crippen molar-refractivity contribution in [2.75, 3.05) is 29.6 Å². The Bertz CT molecular complexity index is 206. The van der Waals surface area contributed by atoms with Crippen LogP contribution in [0.15, 0.2) is 0 Å². The van der Waals surface area contributed by atoms with Crippen LogP contribution in [0.4, 0.5) is 0 Å². The van der Waals surface area contributed by atoms with Crippen molar-refractivity contribution in [3.05, 3.63) is 0 Å². The van der Waals surface area contributed by atoms with Crippen LogP contribution in [0.2, 0.25) is 0 Å². The van der Waals surface area contributed by atoms with Crippen LogP contribution in [-0.2, 0) is 4.74 Å². The van der Waals surface area contributed by atoms with Crippen LogP contribution in [-0.4, -0.2) is 34.0 Å². The van der Waals surface area contributed by atoms with Gasteiger partial charge in [0.25, 0.3) is 0 Å². The monoisotopic (exact) mass is 238 g/mol.